The Bertz CT molecular complexity index is 391. The van der Waals surface area contributed by atoms with E-state index in [1.54, 1.807) is 17.8 Å². The van der Waals surface area contributed by atoms with Gasteiger partial charge in [0.2, 0.25) is 0 Å². The highest BCUT2D eigenvalue weighted by Gasteiger charge is 2.09. The van der Waals surface area contributed by atoms with Crippen LogP contribution >= 0.6 is 11.8 Å². The van der Waals surface area contributed by atoms with Crippen LogP contribution in [0.5, 0.6) is 0 Å². The molecule has 0 bridgehead atoms. The van der Waals surface area contributed by atoms with Gasteiger partial charge in [0.1, 0.15) is 0 Å². The van der Waals surface area contributed by atoms with Crippen molar-refractivity contribution < 1.29 is 4.79 Å². The van der Waals surface area contributed by atoms with Gasteiger partial charge in [-0.2, -0.15) is 11.8 Å². The average Bonchev–Trinajstić information content (AvgIpc) is 2.23. The smallest absolute Gasteiger partial charge is 0.251 e. The normalized spacial score (nSPS) is 10.2. The standard InChI is InChI=1S/C12H18N2OS/c1-8-6-9(2)11(13)7-10(8)12(15)14-4-5-16-3/h6-7H,4-5,13H2,1-3H3,(H,14,15). The number of aryl methyl sites for hydroxylation is 2. The summed E-state index contributed by atoms with van der Waals surface area (Å²) >= 11 is 1.71. The van der Waals surface area contributed by atoms with Crippen LogP contribution in [0.15, 0.2) is 12.1 Å². The molecule has 4 heteroatoms. The molecular weight excluding hydrogens is 220 g/mol. The highest BCUT2D eigenvalue weighted by Crippen LogP contribution is 2.17. The van der Waals surface area contributed by atoms with E-state index in [-0.39, 0.29) is 5.91 Å². The molecule has 0 fully saturated rings. The summed E-state index contributed by atoms with van der Waals surface area (Å²) in [6.07, 6.45) is 2.02. The summed E-state index contributed by atoms with van der Waals surface area (Å²) in [7, 11) is 0. The molecule has 3 nitrogen and oxygen atoms in total. The van der Waals surface area contributed by atoms with Gasteiger partial charge in [0.25, 0.3) is 5.91 Å². The van der Waals surface area contributed by atoms with E-state index in [0.717, 1.165) is 16.9 Å². The van der Waals surface area contributed by atoms with Crippen LogP contribution in [0, 0.1) is 13.8 Å². The van der Waals surface area contributed by atoms with Crippen LogP contribution in [-0.2, 0) is 0 Å². The first-order valence-corrected chi connectivity index (χ1v) is 6.59. The van der Waals surface area contributed by atoms with E-state index in [1.165, 1.54) is 0 Å². The Morgan fingerprint density at radius 1 is 1.38 bits per heavy atom. The maximum Gasteiger partial charge on any atom is 0.251 e. The predicted molar refractivity (Wildman–Crippen MR) is 71.0 cm³/mol. The molecule has 1 aromatic carbocycles. The van der Waals surface area contributed by atoms with E-state index in [0.29, 0.717) is 17.8 Å². The highest BCUT2D eigenvalue weighted by molar-refractivity contribution is 7.98. The summed E-state index contributed by atoms with van der Waals surface area (Å²) < 4.78 is 0. The Morgan fingerprint density at radius 2 is 2.06 bits per heavy atom. The molecule has 1 amide bonds. The minimum atomic E-state index is -0.0433. The van der Waals surface area contributed by atoms with Crippen LogP contribution < -0.4 is 11.1 Å². The first-order valence-electron chi connectivity index (χ1n) is 5.20. The molecule has 0 atom stereocenters. The summed E-state index contributed by atoms with van der Waals surface area (Å²) in [5, 5.41) is 2.87. The quantitative estimate of drug-likeness (QED) is 0.623. The summed E-state index contributed by atoms with van der Waals surface area (Å²) in [6.45, 7) is 4.56. The molecule has 0 heterocycles. The topological polar surface area (TPSA) is 55.1 Å². The van der Waals surface area contributed by atoms with Crippen LogP contribution in [0.1, 0.15) is 21.5 Å². The summed E-state index contributed by atoms with van der Waals surface area (Å²) in [4.78, 5) is 11.8. The van der Waals surface area contributed by atoms with Gasteiger partial charge in [-0.3, -0.25) is 4.79 Å². The third kappa shape index (κ3) is 3.17. The Hall–Kier alpha value is -1.16. The molecule has 0 saturated heterocycles. The van der Waals surface area contributed by atoms with Crippen LogP contribution in [0.25, 0.3) is 0 Å². The van der Waals surface area contributed by atoms with Gasteiger partial charge in [-0.25, -0.2) is 0 Å². The number of rotatable bonds is 4. The first-order chi connectivity index (χ1) is 7.56. The lowest BCUT2D eigenvalue weighted by Crippen LogP contribution is -2.26. The second-order valence-electron chi connectivity index (χ2n) is 3.77. The molecule has 0 aliphatic carbocycles. The third-order valence-corrected chi connectivity index (χ3v) is 3.06. The van der Waals surface area contributed by atoms with E-state index in [4.69, 9.17) is 5.73 Å². The van der Waals surface area contributed by atoms with Gasteiger partial charge in [0, 0.05) is 23.5 Å². The van der Waals surface area contributed by atoms with E-state index in [1.807, 2.05) is 26.2 Å². The number of hydrogen-bond donors (Lipinski definition) is 2. The lowest BCUT2D eigenvalue weighted by molar-refractivity contribution is 0.0955. The molecule has 0 spiro atoms. The van der Waals surface area contributed by atoms with Gasteiger partial charge in [0.05, 0.1) is 0 Å². The van der Waals surface area contributed by atoms with Crippen LogP contribution in [0.3, 0.4) is 0 Å². The van der Waals surface area contributed by atoms with E-state index < -0.39 is 0 Å². The number of carbonyl (C=O) groups excluding carboxylic acids is 1. The average molecular weight is 238 g/mol. The molecule has 0 aromatic heterocycles. The van der Waals surface area contributed by atoms with Gasteiger partial charge >= 0.3 is 0 Å². The predicted octanol–water partition coefficient (Wildman–Crippen LogP) is 1.98. The number of anilines is 1. The van der Waals surface area contributed by atoms with Crippen molar-refractivity contribution in [2.45, 2.75) is 13.8 Å². The molecular formula is C12H18N2OS. The van der Waals surface area contributed by atoms with Crippen molar-refractivity contribution in [2.24, 2.45) is 0 Å². The Morgan fingerprint density at radius 3 is 2.69 bits per heavy atom. The molecule has 16 heavy (non-hydrogen) atoms. The van der Waals surface area contributed by atoms with Crippen molar-refractivity contribution in [1.29, 1.82) is 0 Å². The molecule has 0 aliphatic heterocycles. The minimum absolute atomic E-state index is 0.0433. The Labute approximate surface area is 101 Å². The largest absolute Gasteiger partial charge is 0.398 e. The number of nitrogens with two attached hydrogens (primary N) is 1. The number of amides is 1. The second kappa shape index (κ2) is 5.80. The van der Waals surface area contributed by atoms with Crippen molar-refractivity contribution in [3.05, 3.63) is 28.8 Å². The lowest BCUT2D eigenvalue weighted by atomic mass is 10.0. The highest BCUT2D eigenvalue weighted by atomic mass is 32.2. The molecule has 3 N–H and O–H groups in total. The molecule has 0 radical (unpaired) electrons. The van der Waals surface area contributed by atoms with Crippen molar-refractivity contribution >= 4 is 23.4 Å². The van der Waals surface area contributed by atoms with Gasteiger partial charge in [-0.15, -0.1) is 0 Å². The summed E-state index contributed by atoms with van der Waals surface area (Å²) in [5.74, 6) is 0.879. The van der Waals surface area contributed by atoms with E-state index >= 15 is 0 Å². The molecule has 1 rings (SSSR count). The van der Waals surface area contributed by atoms with Gasteiger partial charge in [0.15, 0.2) is 0 Å². The fourth-order valence-corrected chi connectivity index (χ4v) is 1.78. The van der Waals surface area contributed by atoms with Crippen molar-refractivity contribution in [1.82, 2.24) is 5.32 Å². The fourth-order valence-electron chi connectivity index (χ4n) is 1.48. The second-order valence-corrected chi connectivity index (χ2v) is 4.76. The first kappa shape index (κ1) is 12.9. The zero-order chi connectivity index (χ0) is 12.1. The molecule has 0 saturated carbocycles. The monoisotopic (exact) mass is 238 g/mol. The number of thioether (sulfide) groups is 1. The number of carbonyl (C=O) groups is 1. The maximum absolute atomic E-state index is 11.8. The zero-order valence-corrected chi connectivity index (χ0v) is 10.8. The van der Waals surface area contributed by atoms with Crippen molar-refractivity contribution in [3.8, 4) is 0 Å². The molecule has 0 unspecified atom stereocenters. The molecule has 0 aliphatic rings. The Balaban J connectivity index is 2.79. The van der Waals surface area contributed by atoms with Gasteiger partial charge in [-0.05, 0) is 37.3 Å². The van der Waals surface area contributed by atoms with Crippen molar-refractivity contribution in [2.75, 3.05) is 24.3 Å². The minimum Gasteiger partial charge on any atom is -0.398 e. The van der Waals surface area contributed by atoms with E-state index in [2.05, 4.69) is 5.32 Å². The zero-order valence-electron chi connectivity index (χ0n) is 9.96. The summed E-state index contributed by atoms with van der Waals surface area (Å²) in [5.41, 5.74) is 9.11. The maximum atomic E-state index is 11.8. The fraction of sp³-hybridized carbons (Fsp3) is 0.417. The number of benzene rings is 1. The van der Waals surface area contributed by atoms with Crippen LogP contribution in [-0.4, -0.2) is 24.5 Å². The third-order valence-electron chi connectivity index (χ3n) is 2.45. The SMILES string of the molecule is CSCCNC(=O)c1cc(N)c(C)cc1C. The van der Waals surface area contributed by atoms with Gasteiger partial charge < -0.3 is 11.1 Å². The molecule has 1 aromatic rings. The number of nitrogens with one attached hydrogen (secondary N) is 1. The van der Waals surface area contributed by atoms with Crippen molar-refractivity contribution in [3.63, 3.8) is 0 Å². The van der Waals surface area contributed by atoms with Gasteiger partial charge in [-0.1, -0.05) is 6.07 Å². The van der Waals surface area contributed by atoms with Crippen LogP contribution in [0.4, 0.5) is 5.69 Å². The number of hydrogen-bond acceptors (Lipinski definition) is 3. The molecule has 88 valence electrons. The lowest BCUT2D eigenvalue weighted by Gasteiger charge is -2.09. The van der Waals surface area contributed by atoms with E-state index in [9.17, 15) is 4.79 Å². The number of nitrogen functional groups attached to an aromatic ring is 1. The van der Waals surface area contributed by atoms with Crippen LogP contribution in [0.2, 0.25) is 0 Å². The Kier molecular flexibility index (Phi) is 4.68. The summed E-state index contributed by atoms with van der Waals surface area (Å²) in [6, 6.07) is 3.69.